The third-order valence-corrected chi connectivity index (χ3v) is 5.25. The number of allylic oxidation sites excluding steroid dienone is 1. The number of methoxy groups -OCH3 is 3. The van der Waals surface area contributed by atoms with E-state index in [9.17, 15) is 19.5 Å². The van der Waals surface area contributed by atoms with E-state index < -0.39 is 24.5 Å². The lowest BCUT2D eigenvalue weighted by Gasteiger charge is -2.18. The van der Waals surface area contributed by atoms with Crippen molar-refractivity contribution < 1.29 is 43.2 Å². The van der Waals surface area contributed by atoms with Crippen LogP contribution in [-0.2, 0) is 9.59 Å². The van der Waals surface area contributed by atoms with Crippen LogP contribution < -0.4 is 29.0 Å². The number of Topliss-reactive ketones (excluding diaryl/α,β-unsaturated/α-hetero) is 1. The van der Waals surface area contributed by atoms with Crippen molar-refractivity contribution in [1.29, 1.82) is 0 Å². The van der Waals surface area contributed by atoms with E-state index in [0.717, 1.165) is 0 Å². The lowest BCUT2D eigenvalue weighted by Crippen LogP contribution is -2.46. The van der Waals surface area contributed by atoms with Gasteiger partial charge in [-0.3, -0.25) is 9.59 Å². The summed E-state index contributed by atoms with van der Waals surface area (Å²) in [7, 11) is 4.48. The normalized spacial score (nSPS) is 14.2. The first-order valence-corrected chi connectivity index (χ1v) is 10.7. The molecule has 2 N–H and O–H groups in total. The van der Waals surface area contributed by atoms with Gasteiger partial charge in [0.05, 0.1) is 26.9 Å². The lowest BCUT2D eigenvalue weighted by molar-refractivity contribution is -0.143. The minimum atomic E-state index is -1.12. The van der Waals surface area contributed by atoms with Gasteiger partial charge in [-0.05, 0) is 41.8 Å². The number of nitrogens with one attached hydrogen (secondary N) is 1. The van der Waals surface area contributed by atoms with Crippen molar-refractivity contribution in [3.8, 4) is 28.7 Å². The van der Waals surface area contributed by atoms with Gasteiger partial charge in [0, 0.05) is 6.07 Å². The summed E-state index contributed by atoms with van der Waals surface area (Å²) in [4.78, 5) is 36.2. The Morgan fingerprint density at radius 1 is 1.06 bits per heavy atom. The van der Waals surface area contributed by atoms with Crippen molar-refractivity contribution in [2.45, 2.75) is 19.9 Å². The summed E-state index contributed by atoms with van der Waals surface area (Å²) in [6.45, 7) is 2.99. The van der Waals surface area contributed by atoms with E-state index in [0.29, 0.717) is 28.4 Å². The number of ketones is 1. The highest BCUT2D eigenvalue weighted by Gasteiger charge is 2.28. The van der Waals surface area contributed by atoms with Crippen LogP contribution >= 0.6 is 0 Å². The monoisotopic (exact) mass is 485 g/mol. The number of hydrogen-bond acceptors (Lipinski definition) is 8. The second-order valence-corrected chi connectivity index (χ2v) is 7.97. The zero-order chi connectivity index (χ0) is 25.7. The van der Waals surface area contributed by atoms with Crippen LogP contribution in [0.5, 0.6) is 28.7 Å². The Balaban J connectivity index is 1.74. The fraction of sp³-hybridized carbons (Fsp3) is 0.320. The van der Waals surface area contributed by atoms with Crippen LogP contribution in [0, 0.1) is 5.92 Å². The van der Waals surface area contributed by atoms with E-state index in [4.69, 9.17) is 23.7 Å². The minimum Gasteiger partial charge on any atom is -0.493 e. The zero-order valence-corrected chi connectivity index (χ0v) is 20.0. The van der Waals surface area contributed by atoms with Gasteiger partial charge in [0.25, 0.3) is 5.91 Å². The predicted molar refractivity (Wildman–Crippen MR) is 125 cm³/mol. The first kappa shape index (κ1) is 25.4. The largest absolute Gasteiger partial charge is 0.493 e. The maximum Gasteiger partial charge on any atom is 0.326 e. The predicted octanol–water partition coefficient (Wildman–Crippen LogP) is 2.93. The van der Waals surface area contributed by atoms with Gasteiger partial charge in [-0.25, -0.2) is 4.79 Å². The number of fused-ring (bicyclic) bond motifs is 1. The molecule has 35 heavy (non-hydrogen) atoms. The van der Waals surface area contributed by atoms with Crippen molar-refractivity contribution in [3.63, 3.8) is 0 Å². The number of carbonyl (C=O) groups excluding carboxylic acids is 2. The van der Waals surface area contributed by atoms with Crippen LogP contribution in [0.15, 0.2) is 36.1 Å². The third kappa shape index (κ3) is 5.65. The highest BCUT2D eigenvalue weighted by molar-refractivity contribution is 6.14. The molecule has 0 aromatic heterocycles. The number of carbonyl (C=O) groups is 3. The molecular formula is C25H27NO9. The van der Waals surface area contributed by atoms with Gasteiger partial charge in [-0.15, -0.1) is 0 Å². The van der Waals surface area contributed by atoms with E-state index in [1.807, 2.05) is 0 Å². The molecule has 0 aliphatic carbocycles. The second kappa shape index (κ2) is 10.8. The van der Waals surface area contributed by atoms with Gasteiger partial charge in [-0.1, -0.05) is 13.8 Å². The Morgan fingerprint density at radius 3 is 2.26 bits per heavy atom. The average molecular weight is 485 g/mol. The number of carboxylic acids is 1. The summed E-state index contributed by atoms with van der Waals surface area (Å²) in [5.74, 6) is -0.369. The number of rotatable bonds is 10. The summed E-state index contributed by atoms with van der Waals surface area (Å²) in [5, 5.41) is 11.6. The van der Waals surface area contributed by atoms with Crippen LogP contribution in [0.2, 0.25) is 0 Å². The fourth-order valence-corrected chi connectivity index (χ4v) is 3.47. The Morgan fingerprint density at radius 2 is 1.71 bits per heavy atom. The van der Waals surface area contributed by atoms with E-state index in [2.05, 4.69) is 5.32 Å². The molecule has 2 aromatic rings. The first-order valence-electron chi connectivity index (χ1n) is 10.7. The summed E-state index contributed by atoms with van der Waals surface area (Å²) in [6, 6.07) is 6.91. The third-order valence-electron chi connectivity index (χ3n) is 5.25. The second-order valence-electron chi connectivity index (χ2n) is 7.97. The van der Waals surface area contributed by atoms with Crippen molar-refractivity contribution >= 4 is 23.7 Å². The van der Waals surface area contributed by atoms with E-state index >= 15 is 0 Å². The van der Waals surface area contributed by atoms with Gasteiger partial charge in [0.2, 0.25) is 11.5 Å². The number of ether oxygens (including phenoxy) is 5. The minimum absolute atomic E-state index is 0.0883. The van der Waals surface area contributed by atoms with Gasteiger partial charge in [0.15, 0.2) is 23.9 Å². The number of aliphatic carboxylic acids is 1. The van der Waals surface area contributed by atoms with Crippen LogP contribution in [0.3, 0.4) is 0 Å². The molecule has 0 bridgehead atoms. The molecule has 1 atom stereocenters. The highest BCUT2D eigenvalue weighted by Crippen LogP contribution is 2.40. The van der Waals surface area contributed by atoms with Gasteiger partial charge < -0.3 is 34.1 Å². The van der Waals surface area contributed by atoms with Crippen molar-refractivity contribution in [2.75, 3.05) is 27.9 Å². The Labute approximate surface area is 202 Å². The smallest absolute Gasteiger partial charge is 0.326 e. The molecule has 10 nitrogen and oxygen atoms in total. The molecule has 0 unspecified atom stereocenters. The molecule has 1 amide bonds. The standard InChI is InChI=1S/C25H27NO9/c1-13(2)22(25(29)30)26-21(27)12-34-15-6-7-16-17(11-15)35-18(23(16)28)8-14-9-19(31-3)24(33-5)20(10-14)32-4/h6-11,13,22H,12H2,1-5H3,(H,26,27)(H,29,30)/b18-8+/t22-/m0/s1. The Hall–Kier alpha value is -4.21. The molecule has 10 heteroatoms. The molecule has 0 saturated carbocycles. The number of hydrogen-bond donors (Lipinski definition) is 2. The number of carboxylic acid groups (broad SMARTS) is 1. The van der Waals surface area contributed by atoms with Crippen molar-refractivity contribution in [3.05, 3.63) is 47.2 Å². The van der Waals surface area contributed by atoms with Crippen LogP contribution in [0.25, 0.3) is 6.08 Å². The molecule has 0 saturated heterocycles. The molecule has 0 radical (unpaired) electrons. The topological polar surface area (TPSA) is 130 Å². The zero-order valence-electron chi connectivity index (χ0n) is 20.0. The molecular weight excluding hydrogens is 458 g/mol. The molecule has 186 valence electrons. The molecule has 0 fully saturated rings. The molecule has 0 spiro atoms. The highest BCUT2D eigenvalue weighted by atomic mass is 16.5. The molecule has 3 rings (SSSR count). The Kier molecular flexibility index (Phi) is 7.85. The van der Waals surface area contributed by atoms with Crippen LogP contribution in [-0.4, -0.2) is 56.7 Å². The van der Waals surface area contributed by atoms with E-state index in [-0.39, 0.29) is 29.0 Å². The maximum atomic E-state index is 12.8. The van der Waals surface area contributed by atoms with E-state index in [1.165, 1.54) is 39.5 Å². The van der Waals surface area contributed by atoms with Crippen LogP contribution in [0.1, 0.15) is 29.8 Å². The van der Waals surface area contributed by atoms with Gasteiger partial charge in [0.1, 0.15) is 17.5 Å². The Bertz CT molecular complexity index is 1140. The molecule has 1 aliphatic rings. The summed E-state index contributed by atoms with van der Waals surface area (Å²) in [6.07, 6.45) is 1.55. The molecule has 1 heterocycles. The van der Waals surface area contributed by atoms with Crippen LogP contribution in [0.4, 0.5) is 0 Å². The van der Waals surface area contributed by atoms with Crippen molar-refractivity contribution in [1.82, 2.24) is 5.32 Å². The van der Waals surface area contributed by atoms with Gasteiger partial charge >= 0.3 is 5.97 Å². The summed E-state index contributed by atoms with van der Waals surface area (Å²) in [5.41, 5.74) is 0.938. The SMILES string of the molecule is COc1cc(/C=C2/Oc3cc(OCC(=O)N[C@H](C(=O)O)C(C)C)ccc3C2=O)cc(OC)c1OC. The summed E-state index contributed by atoms with van der Waals surface area (Å²) < 4.78 is 27.2. The number of benzene rings is 2. The first-order chi connectivity index (χ1) is 16.7. The maximum absolute atomic E-state index is 12.8. The fourth-order valence-electron chi connectivity index (χ4n) is 3.47. The molecule has 2 aromatic carbocycles. The molecule has 1 aliphatic heterocycles. The number of amides is 1. The average Bonchev–Trinajstić information content (AvgIpc) is 3.14. The lowest BCUT2D eigenvalue weighted by atomic mass is 10.1. The quantitative estimate of drug-likeness (QED) is 0.488. The summed E-state index contributed by atoms with van der Waals surface area (Å²) >= 11 is 0. The van der Waals surface area contributed by atoms with Gasteiger partial charge in [-0.2, -0.15) is 0 Å². The van der Waals surface area contributed by atoms with E-state index in [1.54, 1.807) is 32.1 Å². The van der Waals surface area contributed by atoms with Crippen molar-refractivity contribution in [2.24, 2.45) is 5.92 Å².